The first-order chi connectivity index (χ1) is 10.2. The van der Waals surface area contributed by atoms with Crippen LogP contribution in [0.15, 0.2) is 36.4 Å². The first-order valence-electron chi connectivity index (χ1n) is 6.84. The Morgan fingerprint density at radius 2 is 1.57 bits per heavy atom. The molecule has 0 bridgehead atoms. The minimum Gasteiger partial charge on any atom is -0.490 e. The summed E-state index contributed by atoms with van der Waals surface area (Å²) in [5, 5.41) is 0.439. The predicted molar refractivity (Wildman–Crippen MR) is 84.6 cm³/mol. The Morgan fingerprint density at radius 3 is 2.19 bits per heavy atom. The van der Waals surface area contributed by atoms with E-state index >= 15 is 0 Å². The Labute approximate surface area is 129 Å². The van der Waals surface area contributed by atoms with Crippen LogP contribution in [-0.2, 0) is 0 Å². The Balaban J connectivity index is 2.41. The highest BCUT2D eigenvalue weighted by molar-refractivity contribution is 6.33. The molecule has 4 heteroatoms. The van der Waals surface area contributed by atoms with E-state index < -0.39 is 0 Å². The van der Waals surface area contributed by atoms with E-state index in [0.29, 0.717) is 29.5 Å². The fourth-order valence-electron chi connectivity index (χ4n) is 2.03. The van der Waals surface area contributed by atoms with Crippen LogP contribution in [0.5, 0.6) is 11.5 Å². The predicted octanol–water partition coefficient (Wildman–Crippen LogP) is 4.62. The van der Waals surface area contributed by atoms with Gasteiger partial charge in [-0.2, -0.15) is 0 Å². The molecule has 0 N–H and O–H groups in total. The summed E-state index contributed by atoms with van der Waals surface area (Å²) in [4.78, 5) is 10.8. The number of ether oxygens (including phenoxy) is 2. The second kappa shape index (κ2) is 7.14. The van der Waals surface area contributed by atoms with Gasteiger partial charge in [0.05, 0.1) is 18.2 Å². The summed E-state index contributed by atoms with van der Waals surface area (Å²) in [5.74, 6) is 1.42. The van der Waals surface area contributed by atoms with Crippen molar-refractivity contribution in [2.45, 2.75) is 13.8 Å². The van der Waals surface area contributed by atoms with E-state index in [-0.39, 0.29) is 0 Å². The molecule has 0 aliphatic rings. The molecule has 2 aromatic rings. The van der Waals surface area contributed by atoms with Crippen LogP contribution in [0.1, 0.15) is 24.2 Å². The van der Waals surface area contributed by atoms with Gasteiger partial charge in [0.25, 0.3) is 0 Å². The maximum absolute atomic E-state index is 10.8. The molecule has 0 radical (unpaired) electrons. The minimum absolute atomic E-state index is 0.439. The summed E-state index contributed by atoms with van der Waals surface area (Å²) in [6.07, 6.45) is 0.746. The Morgan fingerprint density at radius 1 is 0.952 bits per heavy atom. The molecule has 0 heterocycles. The second-order valence-electron chi connectivity index (χ2n) is 4.38. The summed E-state index contributed by atoms with van der Waals surface area (Å²) >= 11 is 6.07. The number of halogens is 1. The van der Waals surface area contributed by atoms with E-state index in [1.165, 1.54) is 0 Å². The number of carbonyl (C=O) groups excluding carboxylic acids is 1. The van der Waals surface area contributed by atoms with E-state index in [2.05, 4.69) is 0 Å². The van der Waals surface area contributed by atoms with Crippen molar-refractivity contribution in [2.24, 2.45) is 0 Å². The summed E-state index contributed by atoms with van der Waals surface area (Å²) < 4.78 is 11.2. The van der Waals surface area contributed by atoms with Crippen LogP contribution >= 0.6 is 11.6 Å². The van der Waals surface area contributed by atoms with E-state index in [9.17, 15) is 4.79 Å². The van der Waals surface area contributed by atoms with E-state index in [4.69, 9.17) is 21.1 Å². The van der Waals surface area contributed by atoms with Gasteiger partial charge in [-0.15, -0.1) is 0 Å². The number of benzene rings is 2. The van der Waals surface area contributed by atoms with Gasteiger partial charge in [-0.3, -0.25) is 4.79 Å². The minimum atomic E-state index is 0.439. The lowest BCUT2D eigenvalue weighted by Crippen LogP contribution is -1.98. The number of carbonyl (C=O) groups is 1. The quantitative estimate of drug-likeness (QED) is 0.731. The molecular weight excluding hydrogens is 288 g/mol. The van der Waals surface area contributed by atoms with Gasteiger partial charge >= 0.3 is 0 Å². The lowest BCUT2D eigenvalue weighted by Gasteiger charge is -2.13. The normalized spacial score (nSPS) is 10.2. The van der Waals surface area contributed by atoms with Crippen LogP contribution in [0.25, 0.3) is 11.1 Å². The monoisotopic (exact) mass is 304 g/mol. The molecule has 110 valence electrons. The van der Waals surface area contributed by atoms with Gasteiger partial charge in [-0.05, 0) is 49.2 Å². The van der Waals surface area contributed by atoms with Gasteiger partial charge in [-0.1, -0.05) is 23.7 Å². The molecule has 0 aliphatic carbocycles. The summed E-state index contributed by atoms with van der Waals surface area (Å²) in [6, 6.07) is 11.1. The second-order valence-corrected chi connectivity index (χ2v) is 4.79. The first-order valence-corrected chi connectivity index (χ1v) is 7.22. The Bertz CT molecular complexity index is 638. The number of aldehydes is 1. The molecule has 21 heavy (non-hydrogen) atoms. The molecule has 0 aromatic heterocycles. The molecule has 0 aliphatic heterocycles. The lowest BCUT2D eigenvalue weighted by atomic mass is 10.0. The molecule has 2 rings (SSSR count). The van der Waals surface area contributed by atoms with Crippen LogP contribution in [0, 0.1) is 0 Å². The molecule has 2 aromatic carbocycles. The molecule has 3 nitrogen and oxygen atoms in total. The lowest BCUT2D eigenvalue weighted by molar-refractivity contribution is 0.112. The zero-order chi connectivity index (χ0) is 15.2. The highest BCUT2D eigenvalue weighted by Crippen LogP contribution is 2.34. The van der Waals surface area contributed by atoms with Crippen LogP contribution in [0.3, 0.4) is 0 Å². The number of hydrogen-bond donors (Lipinski definition) is 0. The average molecular weight is 305 g/mol. The zero-order valence-electron chi connectivity index (χ0n) is 12.1. The van der Waals surface area contributed by atoms with Gasteiger partial charge in [0.1, 0.15) is 0 Å². The zero-order valence-corrected chi connectivity index (χ0v) is 12.8. The van der Waals surface area contributed by atoms with Crippen LogP contribution < -0.4 is 9.47 Å². The van der Waals surface area contributed by atoms with Gasteiger partial charge in [-0.25, -0.2) is 0 Å². The van der Waals surface area contributed by atoms with Gasteiger partial charge in [0.15, 0.2) is 17.8 Å². The summed E-state index contributed by atoms with van der Waals surface area (Å²) in [6.45, 7) is 5.01. The van der Waals surface area contributed by atoms with Crippen molar-refractivity contribution in [1.29, 1.82) is 0 Å². The maximum atomic E-state index is 10.8. The maximum Gasteiger partial charge on any atom is 0.161 e. The Hall–Kier alpha value is -2.00. The third kappa shape index (κ3) is 3.56. The topological polar surface area (TPSA) is 35.5 Å². The highest BCUT2D eigenvalue weighted by atomic mass is 35.5. The van der Waals surface area contributed by atoms with Crippen LogP contribution in [0.4, 0.5) is 0 Å². The molecular formula is C17H17ClO3. The SMILES string of the molecule is CCOc1ccc(-c2ccc(C=O)c(Cl)c2)cc1OCC. The molecule has 0 amide bonds. The summed E-state index contributed by atoms with van der Waals surface area (Å²) in [7, 11) is 0. The molecule has 0 saturated heterocycles. The molecule has 0 fully saturated rings. The van der Waals surface area contributed by atoms with Gasteiger partial charge < -0.3 is 9.47 Å². The van der Waals surface area contributed by atoms with E-state index in [1.54, 1.807) is 12.1 Å². The van der Waals surface area contributed by atoms with Crippen molar-refractivity contribution in [1.82, 2.24) is 0 Å². The van der Waals surface area contributed by atoms with Crippen molar-refractivity contribution in [2.75, 3.05) is 13.2 Å². The molecule has 0 spiro atoms. The standard InChI is InChI=1S/C17H17ClO3/c1-3-20-16-8-7-13(10-17(16)21-4-2)12-5-6-14(11-19)15(18)9-12/h5-11H,3-4H2,1-2H3. The van der Waals surface area contributed by atoms with Crippen LogP contribution in [0.2, 0.25) is 5.02 Å². The fraction of sp³-hybridized carbons (Fsp3) is 0.235. The fourth-order valence-corrected chi connectivity index (χ4v) is 2.26. The van der Waals surface area contributed by atoms with Crippen molar-refractivity contribution >= 4 is 17.9 Å². The third-order valence-electron chi connectivity index (χ3n) is 3.00. The Kier molecular flexibility index (Phi) is 5.23. The smallest absolute Gasteiger partial charge is 0.161 e. The number of hydrogen-bond acceptors (Lipinski definition) is 3. The number of rotatable bonds is 6. The van der Waals surface area contributed by atoms with Gasteiger partial charge in [0.2, 0.25) is 0 Å². The highest BCUT2D eigenvalue weighted by Gasteiger charge is 2.09. The van der Waals surface area contributed by atoms with Crippen molar-refractivity contribution in [3.8, 4) is 22.6 Å². The largest absolute Gasteiger partial charge is 0.490 e. The van der Waals surface area contributed by atoms with Crippen LogP contribution in [-0.4, -0.2) is 19.5 Å². The van der Waals surface area contributed by atoms with E-state index in [1.807, 2.05) is 38.1 Å². The van der Waals surface area contributed by atoms with E-state index in [0.717, 1.165) is 23.2 Å². The molecule has 0 unspecified atom stereocenters. The van der Waals surface area contributed by atoms with Crippen molar-refractivity contribution < 1.29 is 14.3 Å². The van der Waals surface area contributed by atoms with Crippen molar-refractivity contribution in [3.05, 3.63) is 47.0 Å². The first kappa shape index (κ1) is 15.4. The summed E-state index contributed by atoms with van der Waals surface area (Å²) in [5.41, 5.74) is 2.37. The van der Waals surface area contributed by atoms with Crippen molar-refractivity contribution in [3.63, 3.8) is 0 Å². The molecule has 0 saturated carbocycles. The average Bonchev–Trinajstić information content (AvgIpc) is 2.49. The third-order valence-corrected chi connectivity index (χ3v) is 3.33. The van der Waals surface area contributed by atoms with Gasteiger partial charge in [0, 0.05) is 5.56 Å². The molecule has 0 atom stereocenters.